The van der Waals surface area contributed by atoms with Gasteiger partial charge >= 0.3 is 0 Å². The van der Waals surface area contributed by atoms with Gasteiger partial charge in [-0.3, -0.25) is 20.1 Å². The molecule has 0 aromatic carbocycles. The van der Waals surface area contributed by atoms with Crippen LogP contribution in [0.1, 0.15) is 19.0 Å². The van der Waals surface area contributed by atoms with Crippen LogP contribution in [0.25, 0.3) is 0 Å². The van der Waals surface area contributed by atoms with Crippen molar-refractivity contribution in [2.24, 2.45) is 5.10 Å². The third kappa shape index (κ3) is 4.16. The molecule has 0 radical (unpaired) electrons. The minimum atomic E-state index is -0.319. The molecule has 0 unspecified atom stereocenters. The van der Waals surface area contributed by atoms with Gasteiger partial charge in [0.25, 0.3) is 0 Å². The number of nitrogens with one attached hydrogen (secondary N) is 1. The van der Waals surface area contributed by atoms with Crippen molar-refractivity contribution in [2.45, 2.75) is 13.3 Å². The molecular formula is C17H23FN6OS. The summed E-state index contributed by atoms with van der Waals surface area (Å²) in [5.41, 5.74) is 5.23. The highest BCUT2D eigenvalue weighted by atomic mass is 32.1. The summed E-state index contributed by atoms with van der Waals surface area (Å²) in [7, 11) is 0. The lowest BCUT2D eigenvalue weighted by molar-refractivity contribution is -0.116. The number of aromatic nitrogens is 1. The zero-order chi connectivity index (χ0) is 18.5. The Morgan fingerprint density at radius 3 is 2.81 bits per heavy atom. The second-order valence-corrected chi connectivity index (χ2v) is 6.67. The van der Waals surface area contributed by atoms with E-state index in [4.69, 9.17) is 12.2 Å². The fraction of sp³-hybridized carbons (Fsp3) is 0.529. The maximum atomic E-state index is 12.4. The first-order valence-corrected chi connectivity index (χ1v) is 9.14. The Balaban J connectivity index is 1.64. The molecule has 26 heavy (non-hydrogen) atoms. The van der Waals surface area contributed by atoms with Gasteiger partial charge < -0.3 is 9.80 Å². The number of carbonyl (C=O) groups is 1. The molecule has 0 aliphatic carbocycles. The number of pyridine rings is 1. The smallest absolute Gasteiger partial charge is 0.223 e. The number of hydrazone groups is 1. The van der Waals surface area contributed by atoms with E-state index in [0.717, 1.165) is 37.6 Å². The number of carbonyl (C=O) groups excluding carboxylic acids is 1. The number of nitrogens with zero attached hydrogens (tertiary/aromatic N) is 5. The van der Waals surface area contributed by atoms with Crippen LogP contribution in [0.4, 0.5) is 10.1 Å². The lowest BCUT2D eigenvalue weighted by Crippen LogP contribution is -2.51. The van der Waals surface area contributed by atoms with Gasteiger partial charge in [-0.15, -0.1) is 0 Å². The van der Waals surface area contributed by atoms with Crippen molar-refractivity contribution in [3.8, 4) is 0 Å². The van der Waals surface area contributed by atoms with E-state index < -0.39 is 0 Å². The second-order valence-electron chi connectivity index (χ2n) is 6.28. The molecule has 0 atom stereocenters. The fourth-order valence-electron chi connectivity index (χ4n) is 3.21. The molecule has 0 spiro atoms. The average Bonchev–Trinajstić information content (AvgIpc) is 2.66. The van der Waals surface area contributed by atoms with Gasteiger partial charge in [0.2, 0.25) is 5.91 Å². The van der Waals surface area contributed by atoms with Gasteiger partial charge in [-0.05, 0) is 24.4 Å². The van der Waals surface area contributed by atoms with Crippen molar-refractivity contribution in [3.63, 3.8) is 0 Å². The molecule has 1 saturated heterocycles. The summed E-state index contributed by atoms with van der Waals surface area (Å²) < 4.78 is 12.4. The Bertz CT molecular complexity index is 704. The Morgan fingerprint density at radius 2 is 2.12 bits per heavy atom. The van der Waals surface area contributed by atoms with Crippen molar-refractivity contribution < 1.29 is 9.18 Å². The molecule has 2 aliphatic rings. The minimum Gasteiger partial charge on any atom is -0.345 e. The highest BCUT2D eigenvalue weighted by molar-refractivity contribution is 7.80. The molecular weight excluding hydrogens is 355 g/mol. The molecule has 140 valence electrons. The standard InChI is InChI=1S/C17H23FN6OS/c1-13(25)24-7-4-14(16-15(24)3-2-6-19-16)20-21-17(26)23-11-9-22(8-5-18)10-12-23/h2-3,6H,4-5,7-12H2,1H3,(H,21,26)/b20-14-. The van der Waals surface area contributed by atoms with Crippen LogP contribution < -0.4 is 10.3 Å². The van der Waals surface area contributed by atoms with Crippen LogP contribution in [-0.2, 0) is 4.79 Å². The SMILES string of the molecule is CC(=O)N1CC/C(=N/NC(=S)N2CCN(CCF)CC2)c2ncccc21. The summed E-state index contributed by atoms with van der Waals surface area (Å²) in [5, 5.41) is 5.02. The van der Waals surface area contributed by atoms with E-state index in [-0.39, 0.29) is 12.6 Å². The molecule has 0 bridgehead atoms. The monoisotopic (exact) mass is 378 g/mol. The topological polar surface area (TPSA) is 64.1 Å². The Kier molecular flexibility index (Phi) is 6.10. The zero-order valence-corrected chi connectivity index (χ0v) is 15.6. The lowest BCUT2D eigenvalue weighted by Gasteiger charge is -2.35. The van der Waals surface area contributed by atoms with E-state index in [1.165, 1.54) is 0 Å². The number of hydrogen-bond acceptors (Lipinski definition) is 5. The predicted octanol–water partition coefficient (Wildman–Crippen LogP) is 1.00. The lowest BCUT2D eigenvalue weighted by atomic mass is 10.1. The number of alkyl halides is 1. The van der Waals surface area contributed by atoms with E-state index in [0.29, 0.717) is 30.3 Å². The van der Waals surface area contributed by atoms with Crippen LogP contribution in [0.3, 0.4) is 0 Å². The van der Waals surface area contributed by atoms with Crippen LogP contribution in [0, 0.1) is 0 Å². The second kappa shape index (κ2) is 8.50. The highest BCUT2D eigenvalue weighted by Gasteiger charge is 2.25. The van der Waals surface area contributed by atoms with Crippen molar-refractivity contribution >= 4 is 34.6 Å². The van der Waals surface area contributed by atoms with E-state index in [9.17, 15) is 9.18 Å². The Morgan fingerprint density at radius 1 is 1.35 bits per heavy atom. The number of halogens is 1. The number of fused-ring (bicyclic) bond motifs is 1. The van der Waals surface area contributed by atoms with Crippen molar-refractivity contribution in [3.05, 3.63) is 24.0 Å². The summed E-state index contributed by atoms with van der Waals surface area (Å²) in [6, 6.07) is 3.69. The molecule has 2 aliphatic heterocycles. The molecule has 3 rings (SSSR count). The molecule has 0 saturated carbocycles. The van der Waals surface area contributed by atoms with E-state index >= 15 is 0 Å². The molecule has 1 amide bonds. The number of amides is 1. The average molecular weight is 378 g/mol. The molecule has 1 aromatic heterocycles. The summed E-state index contributed by atoms with van der Waals surface area (Å²) in [6.45, 7) is 5.37. The third-order valence-electron chi connectivity index (χ3n) is 4.65. The van der Waals surface area contributed by atoms with E-state index in [2.05, 4.69) is 20.4 Å². The van der Waals surface area contributed by atoms with Gasteiger partial charge in [-0.1, -0.05) is 0 Å². The van der Waals surface area contributed by atoms with Crippen molar-refractivity contribution in [1.82, 2.24) is 20.2 Å². The van der Waals surface area contributed by atoms with Gasteiger partial charge in [0, 0.05) is 58.8 Å². The van der Waals surface area contributed by atoms with Crippen molar-refractivity contribution in [2.75, 3.05) is 50.8 Å². The van der Waals surface area contributed by atoms with Crippen LogP contribution in [0.5, 0.6) is 0 Å². The Labute approximate surface area is 157 Å². The summed E-state index contributed by atoms with van der Waals surface area (Å²) in [5.74, 6) is -0.00655. The van der Waals surface area contributed by atoms with Gasteiger partial charge in [-0.25, -0.2) is 4.39 Å². The quantitative estimate of drug-likeness (QED) is 0.626. The number of rotatable bonds is 3. The summed E-state index contributed by atoms with van der Waals surface area (Å²) in [4.78, 5) is 22.0. The summed E-state index contributed by atoms with van der Waals surface area (Å²) >= 11 is 5.44. The minimum absolute atomic E-state index is 0.00655. The first-order valence-electron chi connectivity index (χ1n) is 8.73. The van der Waals surface area contributed by atoms with Gasteiger partial charge in [0.1, 0.15) is 12.4 Å². The molecule has 1 aromatic rings. The van der Waals surface area contributed by atoms with Gasteiger partial charge in [0.05, 0.1) is 11.4 Å². The van der Waals surface area contributed by atoms with Crippen LogP contribution in [-0.4, -0.2) is 77.5 Å². The van der Waals surface area contributed by atoms with Gasteiger partial charge in [0.15, 0.2) is 5.11 Å². The van der Waals surface area contributed by atoms with Crippen LogP contribution in [0.2, 0.25) is 0 Å². The maximum Gasteiger partial charge on any atom is 0.223 e. The van der Waals surface area contributed by atoms with E-state index in [1.54, 1.807) is 18.0 Å². The normalized spacial score (nSPS) is 19.4. The first kappa shape index (κ1) is 18.7. The number of piperazine rings is 1. The zero-order valence-electron chi connectivity index (χ0n) is 14.8. The molecule has 7 nitrogen and oxygen atoms in total. The van der Waals surface area contributed by atoms with Crippen molar-refractivity contribution in [1.29, 1.82) is 0 Å². The number of thiocarbonyl (C=S) groups is 1. The van der Waals surface area contributed by atoms with Gasteiger partial charge in [-0.2, -0.15) is 5.10 Å². The predicted molar refractivity (Wildman–Crippen MR) is 103 cm³/mol. The maximum absolute atomic E-state index is 12.4. The molecule has 9 heteroatoms. The molecule has 3 heterocycles. The fourth-order valence-corrected chi connectivity index (χ4v) is 3.44. The third-order valence-corrected chi connectivity index (χ3v) is 5.00. The Hall–Kier alpha value is -2.13. The molecule has 1 fully saturated rings. The molecule has 1 N–H and O–H groups in total. The first-order chi connectivity index (χ1) is 12.6. The van der Waals surface area contributed by atoms with E-state index in [1.807, 2.05) is 17.0 Å². The van der Waals surface area contributed by atoms with Crippen LogP contribution >= 0.6 is 12.2 Å². The number of anilines is 1. The summed E-state index contributed by atoms with van der Waals surface area (Å²) in [6.07, 6.45) is 2.31. The number of hydrogen-bond donors (Lipinski definition) is 1. The van der Waals surface area contributed by atoms with Crippen LogP contribution in [0.15, 0.2) is 23.4 Å². The highest BCUT2D eigenvalue weighted by Crippen LogP contribution is 2.25. The largest absolute Gasteiger partial charge is 0.345 e.